The Balaban J connectivity index is 1.34. The van der Waals surface area contributed by atoms with Crippen LogP contribution in [0.3, 0.4) is 0 Å². The fourth-order valence-corrected chi connectivity index (χ4v) is 8.36. The van der Waals surface area contributed by atoms with E-state index in [9.17, 15) is 14.2 Å². The zero-order valence-electron chi connectivity index (χ0n) is 26.1. The van der Waals surface area contributed by atoms with Crippen LogP contribution in [0.15, 0.2) is 60.7 Å². The fourth-order valence-electron chi connectivity index (χ4n) is 5.89. The Kier molecular flexibility index (Phi) is 12.2. The van der Waals surface area contributed by atoms with Crippen LogP contribution in [-0.2, 0) is 39.3 Å². The Morgan fingerprint density at radius 1 is 0.907 bits per heavy atom. The van der Waals surface area contributed by atoms with E-state index in [0.717, 1.165) is 30.9 Å². The molecule has 43 heavy (non-hydrogen) atoms. The molecule has 0 radical (unpaired) electrons. The summed E-state index contributed by atoms with van der Waals surface area (Å²) in [6.07, 6.45) is 4.32. The predicted octanol–water partition coefficient (Wildman–Crippen LogP) is 6.57. The molecular weight excluding hydrogens is 581 g/mol. The molecule has 10 heteroatoms. The topological polar surface area (TPSA) is 91.4 Å². The van der Waals surface area contributed by atoms with Crippen LogP contribution in [0.1, 0.15) is 50.5 Å². The minimum absolute atomic E-state index is 0.0412. The van der Waals surface area contributed by atoms with E-state index in [0.29, 0.717) is 37.6 Å². The minimum Gasteiger partial charge on any atom is -0.466 e. The molecule has 2 aliphatic heterocycles. The van der Waals surface area contributed by atoms with Crippen molar-refractivity contribution in [2.45, 2.75) is 95.4 Å². The molecule has 2 aromatic rings. The number of carbonyl (C=O) groups is 2. The summed E-state index contributed by atoms with van der Waals surface area (Å²) in [6, 6.07) is 19.8. The summed E-state index contributed by atoms with van der Waals surface area (Å²) in [4.78, 5) is 27.8. The highest BCUT2D eigenvalue weighted by molar-refractivity contribution is 7.62. The molecule has 0 aromatic heterocycles. The maximum absolute atomic E-state index is 14.4. The summed E-state index contributed by atoms with van der Waals surface area (Å²) in [5, 5.41) is 0.475. The predicted molar refractivity (Wildman–Crippen MR) is 171 cm³/mol. The lowest BCUT2D eigenvalue weighted by Crippen LogP contribution is -2.53. The molecule has 2 fully saturated rings. The zero-order chi connectivity index (χ0) is 30.9. The van der Waals surface area contributed by atoms with Crippen LogP contribution in [0.4, 0.5) is 0 Å². The third kappa shape index (κ3) is 9.85. The first-order valence-corrected chi connectivity index (χ1v) is 20.9. The molecule has 1 unspecified atom stereocenters. The van der Waals surface area contributed by atoms with Crippen molar-refractivity contribution in [2.24, 2.45) is 5.92 Å². The van der Waals surface area contributed by atoms with Crippen molar-refractivity contribution in [3.05, 3.63) is 66.2 Å². The SMILES string of the molecule is CN1[C@H]2CC[C@@H]1[C@@H](C(=O)OCCCCCC(=O)OCC[Si](C)(C)C)[C@@H](OP(=O)(OCc1ccccc1)c1ccccc1)C2. The summed E-state index contributed by atoms with van der Waals surface area (Å²) in [7, 11) is -2.94. The van der Waals surface area contributed by atoms with Gasteiger partial charge in [-0.1, -0.05) is 68.2 Å². The van der Waals surface area contributed by atoms with Gasteiger partial charge in [0.15, 0.2) is 0 Å². The molecule has 2 aliphatic rings. The molecule has 0 amide bonds. The number of unbranched alkanes of at least 4 members (excludes halogenated alkanes) is 2. The first kappa shape index (κ1) is 33.6. The van der Waals surface area contributed by atoms with Gasteiger partial charge in [0.05, 0.1) is 37.1 Å². The van der Waals surface area contributed by atoms with Crippen LogP contribution in [0.5, 0.6) is 0 Å². The Hall–Kier alpha value is -2.29. The van der Waals surface area contributed by atoms with Gasteiger partial charge in [-0.05, 0) is 69.3 Å². The third-order valence-corrected chi connectivity index (χ3v) is 12.1. The van der Waals surface area contributed by atoms with Gasteiger partial charge in [0.1, 0.15) is 0 Å². The highest BCUT2D eigenvalue weighted by Gasteiger charge is 2.52. The van der Waals surface area contributed by atoms with Crippen LogP contribution in [-0.4, -0.2) is 63.4 Å². The standard InChI is InChI=1S/C33H48NO7PSi/c1-34-27-19-20-29(34)32(33(36)39-21-13-7-12-18-31(35)38-22-23-43(2,3)4)30(24-27)41-42(37,28-16-10-6-11-17-28)40-25-26-14-8-5-9-15-26/h5-6,8-11,14-17,27,29-30,32H,7,12-13,18-25H2,1-4H3/t27-,29+,30-,32+,42?/m0/s1. The molecule has 0 saturated carbocycles. The number of fused-ring (bicyclic) bond motifs is 2. The molecule has 2 saturated heterocycles. The molecule has 2 heterocycles. The van der Waals surface area contributed by atoms with Gasteiger partial charge in [-0.3, -0.25) is 19.1 Å². The smallest absolute Gasteiger partial charge is 0.361 e. The molecule has 0 spiro atoms. The molecule has 4 rings (SSSR count). The first-order valence-electron chi connectivity index (χ1n) is 15.6. The van der Waals surface area contributed by atoms with E-state index >= 15 is 0 Å². The number of carbonyl (C=O) groups excluding carboxylic acids is 2. The molecule has 2 aromatic carbocycles. The average Bonchev–Trinajstić information content (AvgIpc) is 3.21. The number of piperidine rings is 1. The van der Waals surface area contributed by atoms with Gasteiger partial charge in [0.25, 0.3) is 0 Å². The van der Waals surface area contributed by atoms with Crippen LogP contribution in [0.25, 0.3) is 0 Å². The van der Waals surface area contributed by atoms with E-state index in [1.165, 1.54) is 0 Å². The van der Waals surface area contributed by atoms with Crippen molar-refractivity contribution >= 4 is 32.9 Å². The van der Waals surface area contributed by atoms with Gasteiger partial charge in [0.2, 0.25) is 0 Å². The van der Waals surface area contributed by atoms with Gasteiger partial charge < -0.3 is 18.5 Å². The second-order valence-corrected chi connectivity index (χ2v) is 20.6. The summed E-state index contributed by atoms with van der Waals surface area (Å²) >= 11 is 0. The monoisotopic (exact) mass is 629 g/mol. The fraction of sp³-hybridized carbons (Fsp3) is 0.576. The molecule has 0 N–H and O–H groups in total. The van der Waals surface area contributed by atoms with Crippen LogP contribution in [0.2, 0.25) is 25.7 Å². The van der Waals surface area contributed by atoms with E-state index < -0.39 is 27.7 Å². The molecule has 236 valence electrons. The third-order valence-electron chi connectivity index (χ3n) is 8.46. The Bertz CT molecular complexity index is 1220. The van der Waals surface area contributed by atoms with Crippen molar-refractivity contribution in [3.63, 3.8) is 0 Å². The average molecular weight is 630 g/mol. The van der Waals surface area contributed by atoms with Crippen molar-refractivity contribution in [2.75, 3.05) is 20.3 Å². The van der Waals surface area contributed by atoms with Crippen molar-refractivity contribution < 1.29 is 32.7 Å². The largest absolute Gasteiger partial charge is 0.466 e. The number of hydrogen-bond acceptors (Lipinski definition) is 8. The van der Waals surface area contributed by atoms with E-state index in [1.54, 1.807) is 12.1 Å². The van der Waals surface area contributed by atoms with E-state index in [-0.39, 0.29) is 37.2 Å². The van der Waals surface area contributed by atoms with Gasteiger partial charge in [-0.25, -0.2) is 0 Å². The lowest BCUT2D eigenvalue weighted by Gasteiger charge is -2.42. The second kappa shape index (κ2) is 15.6. The van der Waals surface area contributed by atoms with E-state index in [1.807, 2.05) is 55.6 Å². The second-order valence-electron chi connectivity index (χ2n) is 13.0. The highest BCUT2D eigenvalue weighted by atomic mass is 31.2. The van der Waals surface area contributed by atoms with Gasteiger partial charge in [0, 0.05) is 26.6 Å². The van der Waals surface area contributed by atoms with E-state index in [4.69, 9.17) is 18.5 Å². The molecule has 2 bridgehead atoms. The van der Waals surface area contributed by atoms with Crippen LogP contribution in [0, 0.1) is 5.92 Å². The maximum atomic E-state index is 14.4. The number of esters is 2. The van der Waals surface area contributed by atoms with Gasteiger partial charge in [-0.2, -0.15) is 0 Å². The van der Waals surface area contributed by atoms with Crippen molar-refractivity contribution in [1.82, 2.24) is 4.90 Å². The Morgan fingerprint density at radius 3 is 2.30 bits per heavy atom. The normalized spacial score (nSPS) is 23.4. The quantitative estimate of drug-likeness (QED) is 0.0891. The highest BCUT2D eigenvalue weighted by Crippen LogP contribution is 2.53. The van der Waals surface area contributed by atoms with Crippen molar-refractivity contribution in [3.8, 4) is 0 Å². The summed E-state index contributed by atoms with van der Waals surface area (Å²) in [5.41, 5.74) is 0.890. The maximum Gasteiger partial charge on any atom is 0.361 e. The van der Waals surface area contributed by atoms with Crippen LogP contribution < -0.4 is 5.30 Å². The summed E-state index contributed by atoms with van der Waals surface area (Å²) in [5.74, 6) is -1.05. The minimum atomic E-state index is -3.76. The van der Waals surface area contributed by atoms with Crippen molar-refractivity contribution in [1.29, 1.82) is 0 Å². The molecular formula is C33H48NO7PSi. The first-order chi connectivity index (χ1) is 20.6. The molecule has 8 nitrogen and oxygen atoms in total. The van der Waals surface area contributed by atoms with Crippen LogP contribution >= 0.6 is 7.60 Å². The Labute approximate surface area is 258 Å². The molecule has 5 atom stereocenters. The summed E-state index contributed by atoms with van der Waals surface area (Å²) in [6.45, 7) is 7.68. The molecule has 0 aliphatic carbocycles. The van der Waals surface area contributed by atoms with Gasteiger partial charge >= 0.3 is 19.5 Å². The lowest BCUT2D eigenvalue weighted by molar-refractivity contribution is -0.158. The number of benzene rings is 2. The number of hydrogen-bond donors (Lipinski definition) is 0. The van der Waals surface area contributed by atoms with Gasteiger partial charge in [-0.15, -0.1) is 0 Å². The number of rotatable bonds is 16. The summed E-state index contributed by atoms with van der Waals surface area (Å²) < 4.78 is 38.0. The lowest BCUT2D eigenvalue weighted by atomic mass is 9.88. The number of ether oxygens (including phenoxy) is 2. The Morgan fingerprint density at radius 2 is 1.60 bits per heavy atom. The number of nitrogens with zero attached hydrogens (tertiary/aromatic N) is 1. The zero-order valence-corrected chi connectivity index (χ0v) is 28.0. The van der Waals surface area contributed by atoms with E-state index in [2.05, 4.69) is 24.5 Å².